The van der Waals surface area contributed by atoms with Crippen molar-refractivity contribution in [1.29, 1.82) is 0 Å². The molecule has 1 unspecified atom stereocenters. The number of halogens is 4. The Balaban J connectivity index is 1.41. The van der Waals surface area contributed by atoms with Crippen molar-refractivity contribution in [2.45, 2.75) is 25.0 Å². The van der Waals surface area contributed by atoms with Gasteiger partial charge in [-0.3, -0.25) is 9.59 Å². The summed E-state index contributed by atoms with van der Waals surface area (Å²) in [6.07, 6.45) is 2.36. The van der Waals surface area contributed by atoms with Crippen molar-refractivity contribution < 1.29 is 27.5 Å². The van der Waals surface area contributed by atoms with E-state index < -0.39 is 36.1 Å². The van der Waals surface area contributed by atoms with E-state index in [1.807, 2.05) is 0 Å². The normalized spacial score (nSPS) is 20.1. The number of hydrogen-bond acceptors (Lipinski definition) is 6. The smallest absolute Gasteiger partial charge is 0.286 e. The highest BCUT2D eigenvalue weighted by Gasteiger charge is 2.50. The molecule has 1 N–H and O–H groups in total. The zero-order chi connectivity index (χ0) is 23.0. The highest BCUT2D eigenvalue weighted by atomic mass is 35.5. The molecule has 2 aromatic rings. The average molecular weight is 470 g/mol. The van der Waals surface area contributed by atoms with Crippen molar-refractivity contribution >= 4 is 29.2 Å². The van der Waals surface area contributed by atoms with Crippen LogP contribution in [0.15, 0.2) is 30.6 Å². The number of nitrogens with one attached hydrogen (secondary N) is 1. The van der Waals surface area contributed by atoms with E-state index in [2.05, 4.69) is 15.3 Å². The Morgan fingerprint density at radius 3 is 2.56 bits per heavy atom. The van der Waals surface area contributed by atoms with E-state index >= 15 is 0 Å². The number of nitrogens with zero attached hydrogens (tertiary/aromatic N) is 4. The highest BCUT2D eigenvalue weighted by Crippen LogP contribution is 2.29. The second-order valence-corrected chi connectivity index (χ2v) is 8.10. The SMILES string of the molecule is CC(=O)N1CC(NC(=O)c2nccnc2N2CC(Oc3cc(F)cc(Cl)c3)C2)C(F)(F)C1. The van der Waals surface area contributed by atoms with Crippen LogP contribution in [0.25, 0.3) is 0 Å². The summed E-state index contributed by atoms with van der Waals surface area (Å²) in [5.41, 5.74) is -0.114. The molecule has 0 radical (unpaired) electrons. The van der Waals surface area contributed by atoms with E-state index in [9.17, 15) is 22.8 Å². The lowest BCUT2D eigenvalue weighted by molar-refractivity contribution is -0.129. The lowest BCUT2D eigenvalue weighted by Gasteiger charge is -2.40. The number of carbonyl (C=O) groups is 2. The van der Waals surface area contributed by atoms with Crippen molar-refractivity contribution in [1.82, 2.24) is 20.2 Å². The minimum absolute atomic E-state index is 0.114. The fourth-order valence-corrected chi connectivity index (χ4v) is 3.81. The summed E-state index contributed by atoms with van der Waals surface area (Å²) < 4.78 is 47.6. The van der Waals surface area contributed by atoms with Gasteiger partial charge in [-0.1, -0.05) is 11.6 Å². The van der Waals surface area contributed by atoms with Gasteiger partial charge in [0.25, 0.3) is 11.8 Å². The van der Waals surface area contributed by atoms with E-state index in [1.165, 1.54) is 31.5 Å². The molecule has 0 aliphatic carbocycles. The van der Waals surface area contributed by atoms with E-state index in [4.69, 9.17) is 16.3 Å². The molecule has 0 spiro atoms. The molecule has 2 fully saturated rings. The lowest BCUT2D eigenvalue weighted by atomic mass is 10.1. The standard InChI is InChI=1S/C20H19ClF3N5O3/c1-11(30)29-9-16(20(23,24)10-29)27-19(31)17-18(26-3-2-25-17)28-7-15(8-28)32-14-5-12(21)4-13(22)6-14/h2-6,15-16H,7-10H2,1H3,(H,27,31). The van der Waals surface area contributed by atoms with Crippen molar-refractivity contribution in [3.63, 3.8) is 0 Å². The predicted octanol–water partition coefficient (Wildman–Crippen LogP) is 2.13. The largest absolute Gasteiger partial charge is 0.487 e. The van der Waals surface area contributed by atoms with E-state index in [0.29, 0.717) is 13.1 Å². The van der Waals surface area contributed by atoms with Crippen LogP contribution in [0.2, 0.25) is 5.02 Å². The Kier molecular flexibility index (Phi) is 5.85. The van der Waals surface area contributed by atoms with Crippen LogP contribution < -0.4 is 15.0 Å². The first kappa shape index (κ1) is 22.1. The fourth-order valence-electron chi connectivity index (χ4n) is 3.60. The monoisotopic (exact) mass is 469 g/mol. The highest BCUT2D eigenvalue weighted by molar-refractivity contribution is 6.30. The van der Waals surface area contributed by atoms with Gasteiger partial charge < -0.3 is 19.9 Å². The zero-order valence-corrected chi connectivity index (χ0v) is 17.7. The Labute approximate surface area is 186 Å². The molecular weight excluding hydrogens is 451 g/mol. The first-order valence-corrected chi connectivity index (χ1v) is 10.1. The fraction of sp³-hybridized carbons (Fsp3) is 0.400. The minimum atomic E-state index is -3.26. The van der Waals surface area contributed by atoms with Gasteiger partial charge in [-0.2, -0.15) is 0 Å². The lowest BCUT2D eigenvalue weighted by Crippen LogP contribution is -2.55. The van der Waals surface area contributed by atoms with Gasteiger partial charge in [0, 0.05) is 37.0 Å². The van der Waals surface area contributed by atoms with Crippen molar-refractivity contribution in [3.8, 4) is 5.75 Å². The molecule has 3 heterocycles. The van der Waals surface area contributed by atoms with Crippen LogP contribution in [0.5, 0.6) is 5.75 Å². The summed E-state index contributed by atoms with van der Waals surface area (Å²) in [5, 5.41) is 2.48. The Morgan fingerprint density at radius 1 is 1.19 bits per heavy atom. The van der Waals surface area contributed by atoms with Crippen LogP contribution in [0.4, 0.5) is 19.0 Å². The molecule has 2 aliphatic rings. The number of carbonyl (C=O) groups excluding carboxylic acids is 2. The van der Waals surface area contributed by atoms with Gasteiger partial charge in [0.05, 0.1) is 19.6 Å². The summed E-state index contributed by atoms with van der Waals surface area (Å²) >= 11 is 5.82. The van der Waals surface area contributed by atoms with E-state index in [-0.39, 0.29) is 34.9 Å². The molecule has 170 valence electrons. The number of rotatable bonds is 5. The van der Waals surface area contributed by atoms with Gasteiger partial charge in [-0.25, -0.2) is 23.1 Å². The number of amides is 2. The number of anilines is 1. The molecule has 0 bridgehead atoms. The summed E-state index contributed by atoms with van der Waals surface area (Å²) in [6, 6.07) is 2.33. The van der Waals surface area contributed by atoms with Gasteiger partial charge in [0.2, 0.25) is 5.91 Å². The average Bonchev–Trinajstić information content (AvgIpc) is 2.98. The summed E-state index contributed by atoms with van der Waals surface area (Å²) in [7, 11) is 0. The first-order chi connectivity index (χ1) is 15.1. The molecule has 12 heteroatoms. The molecule has 1 aromatic carbocycles. The second kappa shape index (κ2) is 8.45. The third kappa shape index (κ3) is 4.57. The third-order valence-corrected chi connectivity index (χ3v) is 5.46. The van der Waals surface area contributed by atoms with Gasteiger partial charge in [0.15, 0.2) is 11.5 Å². The number of alkyl halides is 2. The summed E-state index contributed by atoms with van der Waals surface area (Å²) in [6.45, 7) is 0.798. The van der Waals surface area contributed by atoms with Crippen molar-refractivity contribution in [2.24, 2.45) is 0 Å². The zero-order valence-electron chi connectivity index (χ0n) is 16.9. The number of benzene rings is 1. The van der Waals surface area contributed by atoms with Gasteiger partial charge in [-0.05, 0) is 12.1 Å². The number of likely N-dealkylation sites (tertiary alicyclic amines) is 1. The molecule has 4 rings (SSSR count). The Bertz CT molecular complexity index is 1030. The van der Waals surface area contributed by atoms with Crippen molar-refractivity contribution in [3.05, 3.63) is 47.1 Å². The minimum Gasteiger partial charge on any atom is -0.487 e. The number of ether oxygens (including phenoxy) is 1. The molecule has 1 aromatic heterocycles. The maximum absolute atomic E-state index is 14.2. The first-order valence-electron chi connectivity index (χ1n) is 9.75. The van der Waals surface area contributed by atoms with E-state index in [0.717, 1.165) is 11.0 Å². The van der Waals surface area contributed by atoms with Crippen LogP contribution in [-0.4, -0.2) is 70.9 Å². The van der Waals surface area contributed by atoms with E-state index in [1.54, 1.807) is 4.90 Å². The molecule has 2 amide bonds. The topological polar surface area (TPSA) is 87.7 Å². The molecular formula is C20H19ClF3N5O3. The van der Waals surface area contributed by atoms with Crippen molar-refractivity contribution in [2.75, 3.05) is 31.1 Å². The third-order valence-electron chi connectivity index (χ3n) is 5.25. The number of aromatic nitrogens is 2. The van der Waals surface area contributed by atoms with Crippen LogP contribution in [0.3, 0.4) is 0 Å². The number of hydrogen-bond donors (Lipinski definition) is 1. The quantitative estimate of drug-likeness (QED) is 0.722. The maximum atomic E-state index is 14.2. The summed E-state index contributed by atoms with van der Waals surface area (Å²) in [5.74, 6) is -4.60. The molecule has 1 atom stereocenters. The van der Waals surface area contributed by atoms with Crippen LogP contribution in [0, 0.1) is 5.82 Å². The predicted molar refractivity (Wildman–Crippen MR) is 109 cm³/mol. The summed E-state index contributed by atoms with van der Waals surface area (Å²) in [4.78, 5) is 35.0. The molecule has 0 saturated carbocycles. The van der Waals surface area contributed by atoms with Gasteiger partial charge in [-0.15, -0.1) is 0 Å². The van der Waals surface area contributed by atoms with Crippen LogP contribution >= 0.6 is 11.6 Å². The molecule has 2 saturated heterocycles. The Morgan fingerprint density at radius 2 is 1.91 bits per heavy atom. The van der Waals surface area contributed by atoms with Crippen LogP contribution in [-0.2, 0) is 4.79 Å². The molecule has 32 heavy (non-hydrogen) atoms. The van der Waals surface area contributed by atoms with Gasteiger partial charge >= 0.3 is 0 Å². The van der Waals surface area contributed by atoms with Gasteiger partial charge in [0.1, 0.15) is 23.7 Å². The maximum Gasteiger partial charge on any atom is 0.286 e. The molecule has 2 aliphatic heterocycles. The second-order valence-electron chi connectivity index (χ2n) is 7.67. The van der Waals surface area contributed by atoms with Crippen LogP contribution in [0.1, 0.15) is 17.4 Å². The Hall–Kier alpha value is -3.08. The molecule has 8 nitrogen and oxygen atoms in total.